The fourth-order valence-electron chi connectivity index (χ4n) is 2.75. The highest BCUT2D eigenvalue weighted by molar-refractivity contribution is 6.33. The molecule has 1 nitrogen and oxygen atoms in total. The summed E-state index contributed by atoms with van der Waals surface area (Å²) in [5, 5.41) is -0.139. The monoisotopic (exact) mass is 413 g/mol. The first-order valence-electron chi connectivity index (χ1n) is 7.47. The number of hydrogen-bond donors (Lipinski definition) is 0. The largest absolute Gasteiger partial charge is 0.435 e. The summed E-state index contributed by atoms with van der Waals surface area (Å²) < 4.78 is 99.9. The van der Waals surface area contributed by atoms with Crippen molar-refractivity contribution in [2.75, 3.05) is 7.11 Å². The Morgan fingerprint density at radius 2 is 1.56 bits per heavy atom. The molecule has 1 radical (unpaired) electrons. The molecule has 0 amide bonds. The van der Waals surface area contributed by atoms with Crippen LogP contribution in [0, 0.1) is 13.0 Å². The molecule has 0 fully saturated rings. The average molecular weight is 414 g/mol. The lowest BCUT2D eigenvalue weighted by Crippen LogP contribution is -2.50. The van der Waals surface area contributed by atoms with E-state index in [2.05, 4.69) is 6.07 Å². The van der Waals surface area contributed by atoms with Crippen molar-refractivity contribution >= 4 is 11.6 Å². The first-order chi connectivity index (χ1) is 12.3. The van der Waals surface area contributed by atoms with E-state index in [1.54, 1.807) is 0 Å². The number of ether oxygens (including phenoxy) is 1. The van der Waals surface area contributed by atoms with Crippen LogP contribution in [0.1, 0.15) is 16.7 Å². The summed E-state index contributed by atoms with van der Waals surface area (Å²) in [5.41, 5.74) is -8.31. The van der Waals surface area contributed by atoms with Gasteiger partial charge in [0.25, 0.3) is 0 Å². The second-order valence-corrected chi connectivity index (χ2v) is 6.19. The van der Waals surface area contributed by atoms with Crippen LogP contribution < -0.4 is 0 Å². The number of aryl methyl sites for hydroxylation is 1. The predicted octanol–water partition coefficient (Wildman–Crippen LogP) is 6.55. The highest BCUT2D eigenvalue weighted by atomic mass is 35.5. The first-order valence-corrected chi connectivity index (χ1v) is 7.84. The van der Waals surface area contributed by atoms with E-state index >= 15 is 0 Å². The van der Waals surface area contributed by atoms with Crippen LogP contribution in [-0.2, 0) is 17.0 Å². The topological polar surface area (TPSA) is 9.23 Å². The number of methoxy groups -OCH3 is 1. The molecule has 0 heterocycles. The minimum Gasteiger partial charge on any atom is -0.380 e. The molecule has 0 spiro atoms. The van der Waals surface area contributed by atoms with Crippen LogP contribution in [0.5, 0.6) is 0 Å². The van der Waals surface area contributed by atoms with Gasteiger partial charge in [0.15, 0.2) is 0 Å². The molecule has 2 aromatic rings. The quantitative estimate of drug-likeness (QED) is 0.516. The molecule has 9 heteroatoms. The Hall–Kier alpha value is -1.80. The van der Waals surface area contributed by atoms with Crippen LogP contribution >= 0.6 is 11.6 Å². The van der Waals surface area contributed by atoms with Crippen molar-refractivity contribution in [3.63, 3.8) is 0 Å². The molecule has 0 aromatic heterocycles. The van der Waals surface area contributed by atoms with Crippen LogP contribution in [0.4, 0.5) is 30.7 Å². The number of alkyl halides is 7. The normalized spacial score (nSPS) is 13.1. The lowest BCUT2D eigenvalue weighted by Gasteiger charge is -2.33. The Kier molecular flexibility index (Phi) is 5.82. The maximum atomic E-state index is 14.9. The minimum absolute atomic E-state index is 0.108. The van der Waals surface area contributed by atoms with E-state index < -0.39 is 29.1 Å². The van der Waals surface area contributed by atoms with Crippen molar-refractivity contribution in [1.29, 1.82) is 0 Å². The molecule has 0 aliphatic heterocycles. The van der Waals surface area contributed by atoms with Crippen LogP contribution in [0.3, 0.4) is 0 Å². The van der Waals surface area contributed by atoms with Crippen LogP contribution in [0.15, 0.2) is 30.3 Å². The van der Waals surface area contributed by atoms with Crippen molar-refractivity contribution in [2.24, 2.45) is 0 Å². The molecule has 0 N–H and O–H groups in total. The Bertz CT molecular complexity index is 813. The number of benzene rings is 2. The molecule has 0 bridgehead atoms. The molecule has 0 aliphatic carbocycles. The standard InChI is InChI=1S/C18H13ClF7O/c1-10-7-11(9-27-2)15(12-5-3-4-6-14(12)19)13(8-10)16(20,17(21,22)23)18(24,25)26/h3-6,8H,9H2,1-2H3. The molecule has 27 heavy (non-hydrogen) atoms. The Morgan fingerprint density at radius 1 is 1.00 bits per heavy atom. The molecule has 0 unspecified atom stereocenters. The van der Waals surface area contributed by atoms with E-state index in [1.165, 1.54) is 38.3 Å². The smallest absolute Gasteiger partial charge is 0.380 e. The second-order valence-electron chi connectivity index (χ2n) is 5.79. The maximum Gasteiger partial charge on any atom is 0.435 e. The zero-order chi connectivity index (χ0) is 20.6. The highest BCUT2D eigenvalue weighted by Gasteiger charge is 2.74. The zero-order valence-corrected chi connectivity index (χ0v) is 14.8. The van der Waals surface area contributed by atoms with Gasteiger partial charge in [-0.15, -0.1) is 0 Å². The van der Waals surface area contributed by atoms with Gasteiger partial charge in [-0.25, -0.2) is 4.39 Å². The van der Waals surface area contributed by atoms with Gasteiger partial charge in [-0.2, -0.15) is 26.3 Å². The van der Waals surface area contributed by atoms with E-state index in [-0.39, 0.29) is 28.3 Å². The van der Waals surface area contributed by atoms with Gasteiger partial charge >= 0.3 is 18.0 Å². The summed E-state index contributed by atoms with van der Waals surface area (Å²) in [5.74, 6) is 0. The van der Waals surface area contributed by atoms with Crippen molar-refractivity contribution in [3.8, 4) is 11.1 Å². The summed E-state index contributed by atoms with van der Waals surface area (Å²) in [7, 11) is 1.20. The number of halogens is 8. The zero-order valence-electron chi connectivity index (χ0n) is 14.0. The number of hydrogen-bond acceptors (Lipinski definition) is 1. The molecule has 0 atom stereocenters. The fraction of sp³-hybridized carbons (Fsp3) is 0.333. The van der Waals surface area contributed by atoms with E-state index in [1.807, 2.05) is 0 Å². The van der Waals surface area contributed by atoms with Gasteiger partial charge in [0, 0.05) is 23.3 Å². The summed E-state index contributed by atoms with van der Waals surface area (Å²) in [6.07, 6.45) is -12.5. The third-order valence-electron chi connectivity index (χ3n) is 3.86. The van der Waals surface area contributed by atoms with Gasteiger partial charge in [-0.3, -0.25) is 0 Å². The molecular weight excluding hydrogens is 401 g/mol. The molecule has 2 rings (SSSR count). The highest BCUT2D eigenvalue weighted by Crippen LogP contribution is 2.56. The van der Waals surface area contributed by atoms with Crippen LogP contribution in [-0.4, -0.2) is 19.5 Å². The van der Waals surface area contributed by atoms with E-state index in [0.717, 1.165) is 0 Å². The maximum absolute atomic E-state index is 14.9. The van der Waals surface area contributed by atoms with Crippen molar-refractivity contribution in [3.05, 3.63) is 58.1 Å². The van der Waals surface area contributed by atoms with Gasteiger partial charge in [0.1, 0.15) is 0 Å². The minimum atomic E-state index is -6.25. The Morgan fingerprint density at radius 3 is 2.04 bits per heavy atom. The van der Waals surface area contributed by atoms with Gasteiger partial charge in [-0.1, -0.05) is 35.9 Å². The van der Waals surface area contributed by atoms with Crippen molar-refractivity contribution in [1.82, 2.24) is 0 Å². The van der Waals surface area contributed by atoms with Gasteiger partial charge in [-0.05, 0) is 35.7 Å². The molecule has 0 saturated heterocycles. The van der Waals surface area contributed by atoms with Crippen molar-refractivity contribution < 1.29 is 35.5 Å². The molecule has 147 valence electrons. The lowest BCUT2D eigenvalue weighted by atomic mass is 9.83. The third-order valence-corrected chi connectivity index (χ3v) is 4.19. The summed E-state index contributed by atoms with van der Waals surface area (Å²) in [4.78, 5) is 0. The SMILES string of the molecule is COCc1[c]c(C)cc(C(F)(C(F)(F)F)C(F)(F)F)c1-c1ccccc1Cl. The summed E-state index contributed by atoms with van der Waals surface area (Å²) in [6.45, 7) is 0.827. The molecule has 0 saturated carbocycles. The third kappa shape index (κ3) is 3.78. The molecule has 2 aromatic carbocycles. The summed E-state index contributed by atoms with van der Waals surface area (Å²) in [6, 6.07) is 8.40. The van der Waals surface area contributed by atoms with Gasteiger partial charge in [0.2, 0.25) is 0 Å². The van der Waals surface area contributed by atoms with E-state index in [4.69, 9.17) is 16.3 Å². The van der Waals surface area contributed by atoms with Gasteiger partial charge < -0.3 is 4.74 Å². The average Bonchev–Trinajstić information content (AvgIpc) is 2.53. The molecular formula is C18H13ClF7O. The molecule has 0 aliphatic rings. The first kappa shape index (κ1) is 21.5. The van der Waals surface area contributed by atoms with Crippen LogP contribution in [0.25, 0.3) is 11.1 Å². The Labute approximate surface area is 155 Å². The second kappa shape index (κ2) is 7.31. The lowest BCUT2D eigenvalue weighted by molar-refractivity contribution is -0.348. The van der Waals surface area contributed by atoms with Crippen LogP contribution in [0.2, 0.25) is 5.02 Å². The van der Waals surface area contributed by atoms with Gasteiger partial charge in [0.05, 0.1) is 6.61 Å². The van der Waals surface area contributed by atoms with E-state index in [0.29, 0.717) is 6.07 Å². The van der Waals surface area contributed by atoms with E-state index in [9.17, 15) is 30.7 Å². The number of rotatable bonds is 4. The fourth-order valence-corrected chi connectivity index (χ4v) is 2.98. The Balaban J connectivity index is 3.01. The predicted molar refractivity (Wildman–Crippen MR) is 86.1 cm³/mol. The summed E-state index contributed by atoms with van der Waals surface area (Å²) >= 11 is 5.98. The van der Waals surface area contributed by atoms with Crippen molar-refractivity contribution in [2.45, 2.75) is 31.6 Å².